The lowest BCUT2D eigenvalue weighted by molar-refractivity contribution is 1.03. The molecule has 0 saturated carbocycles. The van der Waals surface area contributed by atoms with E-state index in [0.717, 1.165) is 0 Å². The van der Waals surface area contributed by atoms with Crippen LogP contribution < -0.4 is 0 Å². The van der Waals surface area contributed by atoms with E-state index in [1.165, 1.54) is 0 Å². The van der Waals surface area contributed by atoms with E-state index in [4.69, 9.17) is 11.2 Å². The zero-order valence-electron chi connectivity index (χ0n) is 6.56. The van der Waals surface area contributed by atoms with Gasteiger partial charge in [0.2, 0.25) is 0 Å². The number of halogens is 1. The lowest BCUT2D eigenvalue weighted by Gasteiger charge is -2.16. The Labute approximate surface area is 66.5 Å². The fourth-order valence-corrected chi connectivity index (χ4v) is 1.79. The predicted octanol–water partition coefficient (Wildman–Crippen LogP) is 3.06. The first-order chi connectivity index (χ1) is 3.55. The Bertz CT molecular complexity index is 58.1. The molecule has 0 saturated heterocycles. The quantitative estimate of drug-likeness (QED) is 0.433. The van der Waals surface area contributed by atoms with E-state index in [1.54, 1.807) is 0 Å². The summed E-state index contributed by atoms with van der Waals surface area (Å²) in [5, 5.41) is 0. The van der Waals surface area contributed by atoms with Gasteiger partial charge in [0.1, 0.15) is 0 Å². The van der Waals surface area contributed by atoms with E-state index < -0.39 is 0 Å². The Balaban J connectivity index is 0. The zero-order chi connectivity index (χ0) is 6.73. The van der Waals surface area contributed by atoms with Crippen LogP contribution in [0.15, 0.2) is 0 Å². The Morgan fingerprint density at radius 3 is 1.22 bits per heavy atom. The van der Waals surface area contributed by atoms with Crippen molar-refractivity contribution in [3.05, 3.63) is 0 Å². The average molecular weight is 163 g/mol. The summed E-state index contributed by atoms with van der Waals surface area (Å²) in [6, 6.07) is 0. The van der Waals surface area contributed by atoms with Gasteiger partial charge in [-0.1, -0.05) is 38.9 Å². The number of rotatable bonds is 2. The largest absolute Gasteiger partial charge is 0.0959 e. The van der Waals surface area contributed by atoms with Crippen LogP contribution in [0.2, 0.25) is 0 Å². The summed E-state index contributed by atoms with van der Waals surface area (Å²) in [5.41, 5.74) is 1.35. The molecule has 0 amide bonds. The van der Waals surface area contributed by atoms with Crippen LogP contribution in [-0.4, -0.2) is 19.7 Å². The van der Waals surface area contributed by atoms with Gasteiger partial charge >= 0.3 is 0 Å². The molecule has 9 heavy (non-hydrogen) atoms. The molecule has 0 bridgehead atoms. The summed E-state index contributed by atoms with van der Waals surface area (Å²) in [6.45, 7) is 8.72. The van der Waals surface area contributed by atoms with Gasteiger partial charge < -0.3 is 0 Å². The van der Waals surface area contributed by atoms with Crippen LogP contribution in [0.3, 0.4) is 0 Å². The van der Waals surface area contributed by atoms with Crippen molar-refractivity contribution < 1.29 is 0 Å². The van der Waals surface area contributed by atoms with Crippen molar-refractivity contribution in [2.75, 3.05) is 0 Å². The molecular weight excluding hydrogens is 149 g/mol. The van der Waals surface area contributed by atoms with E-state index in [0.29, 0.717) is 11.3 Å². The molecule has 0 N–H and O–H groups in total. The molecule has 0 nitrogen and oxygen atoms in total. The standard InChI is InChI=1S/C6H14ClP.B/c1-5(2)8(7)6(3)4;/h5-6H,1-4H3;. The topological polar surface area (TPSA) is 0 Å². The maximum Gasteiger partial charge on any atom is 0 e. The minimum Gasteiger partial charge on any atom is -0.0959 e. The summed E-state index contributed by atoms with van der Waals surface area (Å²) >= 11 is 6.02. The van der Waals surface area contributed by atoms with Crippen LogP contribution >= 0.6 is 18.5 Å². The molecule has 0 aromatic heterocycles. The lowest BCUT2D eigenvalue weighted by atomic mass is 10.5. The van der Waals surface area contributed by atoms with Gasteiger partial charge in [-0.25, -0.2) is 0 Å². The lowest BCUT2D eigenvalue weighted by Crippen LogP contribution is -1.97. The van der Waals surface area contributed by atoms with Crippen LogP contribution in [0.1, 0.15) is 27.7 Å². The minimum atomic E-state index is -0.226. The monoisotopic (exact) mass is 163 g/mol. The first kappa shape index (κ1) is 12.5. The van der Waals surface area contributed by atoms with Crippen LogP contribution in [-0.2, 0) is 0 Å². The number of hydrogen-bond acceptors (Lipinski definition) is 0. The molecule has 53 valence electrons. The van der Waals surface area contributed by atoms with Crippen molar-refractivity contribution >= 4 is 26.9 Å². The van der Waals surface area contributed by atoms with Crippen molar-refractivity contribution in [2.24, 2.45) is 0 Å². The van der Waals surface area contributed by atoms with E-state index in [9.17, 15) is 0 Å². The zero-order valence-corrected chi connectivity index (χ0v) is 8.21. The molecule has 0 aromatic rings. The van der Waals surface area contributed by atoms with Crippen LogP contribution in [0.25, 0.3) is 0 Å². The third-order valence-electron chi connectivity index (χ3n) is 0.987. The van der Waals surface area contributed by atoms with E-state index in [1.807, 2.05) is 0 Å². The normalized spacial score (nSPS) is 10.7. The summed E-state index contributed by atoms with van der Waals surface area (Å²) in [6.07, 6.45) is 0. The van der Waals surface area contributed by atoms with Gasteiger partial charge in [-0.15, -0.1) is 0 Å². The molecule has 0 spiro atoms. The van der Waals surface area contributed by atoms with Crippen LogP contribution in [0.4, 0.5) is 0 Å². The third-order valence-corrected chi connectivity index (χ3v) is 5.30. The van der Waals surface area contributed by atoms with Crippen molar-refractivity contribution in [1.82, 2.24) is 0 Å². The molecule has 0 aliphatic heterocycles. The summed E-state index contributed by atoms with van der Waals surface area (Å²) in [5.74, 6) is 0. The van der Waals surface area contributed by atoms with Crippen molar-refractivity contribution in [3.8, 4) is 0 Å². The summed E-state index contributed by atoms with van der Waals surface area (Å²) in [4.78, 5) is 0. The second-order valence-electron chi connectivity index (χ2n) is 2.53. The van der Waals surface area contributed by atoms with Gasteiger partial charge in [-0.05, 0) is 18.6 Å². The van der Waals surface area contributed by atoms with Gasteiger partial charge in [-0.3, -0.25) is 0 Å². The highest BCUT2D eigenvalue weighted by molar-refractivity contribution is 7.85. The van der Waals surface area contributed by atoms with Crippen molar-refractivity contribution in [2.45, 2.75) is 39.0 Å². The van der Waals surface area contributed by atoms with E-state index >= 15 is 0 Å². The van der Waals surface area contributed by atoms with E-state index in [-0.39, 0.29) is 15.7 Å². The average Bonchev–Trinajstić information content (AvgIpc) is 1.64. The summed E-state index contributed by atoms with van der Waals surface area (Å²) in [7, 11) is -0.226. The molecule has 0 aliphatic carbocycles. The van der Waals surface area contributed by atoms with Gasteiger partial charge in [0.15, 0.2) is 0 Å². The van der Waals surface area contributed by atoms with E-state index in [2.05, 4.69) is 27.7 Å². The highest BCUT2D eigenvalue weighted by atomic mass is 35.7. The third kappa shape index (κ3) is 5.24. The van der Waals surface area contributed by atoms with Gasteiger partial charge in [0.05, 0.1) is 0 Å². The maximum absolute atomic E-state index is 6.02. The van der Waals surface area contributed by atoms with Crippen LogP contribution in [0, 0.1) is 0 Å². The highest BCUT2D eigenvalue weighted by Gasteiger charge is 2.12. The predicted molar refractivity (Wildman–Crippen MR) is 48.8 cm³/mol. The highest BCUT2D eigenvalue weighted by Crippen LogP contribution is 2.50. The van der Waals surface area contributed by atoms with Gasteiger partial charge in [0.25, 0.3) is 0 Å². The van der Waals surface area contributed by atoms with Crippen LogP contribution in [0.5, 0.6) is 0 Å². The molecule has 0 aliphatic rings. The van der Waals surface area contributed by atoms with Crippen molar-refractivity contribution in [1.29, 1.82) is 0 Å². The fourth-order valence-electron chi connectivity index (χ4n) is 0.596. The molecule has 0 heterocycles. The van der Waals surface area contributed by atoms with Gasteiger partial charge in [0, 0.05) is 8.41 Å². The van der Waals surface area contributed by atoms with Gasteiger partial charge in [-0.2, -0.15) is 0 Å². The molecule has 0 fully saturated rings. The first-order valence-corrected chi connectivity index (χ1v) is 5.38. The number of hydrogen-bond donors (Lipinski definition) is 0. The van der Waals surface area contributed by atoms with Crippen molar-refractivity contribution in [3.63, 3.8) is 0 Å². The first-order valence-electron chi connectivity index (χ1n) is 2.99. The smallest absolute Gasteiger partial charge is 0 e. The molecule has 0 rings (SSSR count). The summed E-state index contributed by atoms with van der Waals surface area (Å²) < 4.78 is 0. The second kappa shape index (κ2) is 5.56. The Hall–Kier alpha value is 0.785. The Morgan fingerprint density at radius 2 is 1.22 bits per heavy atom. The molecule has 0 unspecified atom stereocenters. The molecule has 3 heteroatoms. The molecule has 0 atom stereocenters. The molecule has 3 radical (unpaired) electrons. The minimum absolute atomic E-state index is 0. The molecule has 0 aromatic carbocycles. The maximum atomic E-state index is 6.02. The Kier molecular flexibility index (Phi) is 7.70. The fraction of sp³-hybridized carbons (Fsp3) is 1.00. The second-order valence-corrected chi connectivity index (χ2v) is 6.46. The SMILES string of the molecule is CC(C)P(Cl)C(C)C.[B]. The molecular formula is C6H14BClP. The Morgan fingerprint density at radius 1 is 1.00 bits per heavy atom.